The molecule has 4 heterocycles. The van der Waals surface area contributed by atoms with Crippen molar-refractivity contribution in [3.63, 3.8) is 0 Å². The molecule has 2 aliphatic rings. The van der Waals surface area contributed by atoms with Gasteiger partial charge in [0.15, 0.2) is 5.15 Å². The lowest BCUT2D eigenvalue weighted by Gasteiger charge is -2.38. The third-order valence-corrected chi connectivity index (χ3v) is 7.84. The number of imidazole rings is 1. The van der Waals surface area contributed by atoms with Crippen LogP contribution in [0.3, 0.4) is 0 Å². The lowest BCUT2D eigenvalue weighted by molar-refractivity contribution is -0.130. The lowest BCUT2D eigenvalue weighted by Crippen LogP contribution is -2.60. The van der Waals surface area contributed by atoms with E-state index in [1.807, 2.05) is 10.6 Å². The van der Waals surface area contributed by atoms with E-state index in [1.165, 1.54) is 6.08 Å². The van der Waals surface area contributed by atoms with Gasteiger partial charge in [0.25, 0.3) is 5.91 Å². The summed E-state index contributed by atoms with van der Waals surface area (Å²) < 4.78 is 7.57. The number of aromatic nitrogens is 4. The highest BCUT2D eigenvalue weighted by Crippen LogP contribution is 2.34. The van der Waals surface area contributed by atoms with Crippen LogP contribution in [0.25, 0.3) is 10.9 Å². The number of halogens is 2. The summed E-state index contributed by atoms with van der Waals surface area (Å²) in [7, 11) is 0. The van der Waals surface area contributed by atoms with E-state index in [4.69, 9.17) is 27.9 Å². The number of nitrogens with one attached hydrogen (secondary N) is 2. The number of hydrogen-bond donors (Lipinski definition) is 2. The summed E-state index contributed by atoms with van der Waals surface area (Å²) in [5, 5.41) is 12.5. The molecule has 38 heavy (non-hydrogen) atoms. The number of aryl methyl sites for hydroxylation is 2. The minimum Gasteiger partial charge on any atom is -0.379 e. The summed E-state index contributed by atoms with van der Waals surface area (Å²) in [4.78, 5) is 31.3. The van der Waals surface area contributed by atoms with Gasteiger partial charge in [-0.3, -0.25) is 14.7 Å². The SMILES string of the molecule is C=CC(=O)N1CC(NC(=O)c2c(Cl)nc(CCc3[nH]nc4cc(Cl)c(C(C)(C)C)cc34)n2[C@H]2CCOC2)C1. The molecule has 1 aromatic carbocycles. The summed E-state index contributed by atoms with van der Waals surface area (Å²) >= 11 is 13.1. The van der Waals surface area contributed by atoms with Gasteiger partial charge >= 0.3 is 0 Å². The molecule has 2 N–H and O–H groups in total. The Hall–Kier alpha value is -2.88. The second-order valence-corrected chi connectivity index (χ2v) is 11.7. The third-order valence-electron chi connectivity index (χ3n) is 7.26. The number of fused-ring (bicyclic) bond motifs is 1. The fourth-order valence-electron chi connectivity index (χ4n) is 5.17. The standard InChI is InChI=1S/C27H32Cl2N6O3/c1-5-23(36)34-12-15(13-34)30-26(37)24-25(29)31-22(35(24)16-8-9-38-14-16)7-6-20-17-10-18(27(2,3)4)19(28)11-21(17)33-32-20/h5,10-11,15-16H,1,6-9,12-14H2,2-4H3,(H,30,37)(H,32,33)/t16-/m0/s1. The maximum absolute atomic E-state index is 13.3. The molecule has 0 aliphatic carbocycles. The molecule has 2 aromatic heterocycles. The normalized spacial score (nSPS) is 18.1. The fraction of sp³-hybridized carbons (Fsp3) is 0.481. The first kappa shape index (κ1) is 26.7. The van der Waals surface area contributed by atoms with Crippen LogP contribution in [-0.4, -0.2) is 68.8 Å². The molecule has 0 saturated carbocycles. The number of rotatable bonds is 7. The number of aromatic amines is 1. The van der Waals surface area contributed by atoms with Gasteiger partial charge < -0.3 is 19.5 Å². The van der Waals surface area contributed by atoms with Gasteiger partial charge in [0, 0.05) is 42.2 Å². The van der Waals surface area contributed by atoms with Crippen LogP contribution in [0, 0.1) is 0 Å². The Kier molecular flexibility index (Phi) is 7.28. The number of carbonyl (C=O) groups is 2. The number of nitrogens with zero attached hydrogens (tertiary/aromatic N) is 4. The zero-order valence-electron chi connectivity index (χ0n) is 21.8. The van der Waals surface area contributed by atoms with Gasteiger partial charge in [-0.1, -0.05) is 50.6 Å². The Morgan fingerprint density at radius 2 is 2.03 bits per heavy atom. The van der Waals surface area contributed by atoms with Crippen LogP contribution in [0.5, 0.6) is 0 Å². The van der Waals surface area contributed by atoms with Crippen LogP contribution in [0.15, 0.2) is 24.8 Å². The Bertz CT molecular complexity index is 1390. The van der Waals surface area contributed by atoms with Crippen LogP contribution in [0.1, 0.15) is 60.8 Å². The highest BCUT2D eigenvalue weighted by Gasteiger charge is 2.34. The highest BCUT2D eigenvalue weighted by molar-refractivity contribution is 6.32. The Morgan fingerprint density at radius 3 is 2.68 bits per heavy atom. The van der Waals surface area contributed by atoms with Crippen LogP contribution in [-0.2, 0) is 27.8 Å². The zero-order valence-corrected chi connectivity index (χ0v) is 23.3. The molecule has 3 aromatic rings. The molecular formula is C27H32Cl2N6O3. The molecule has 2 saturated heterocycles. The topological polar surface area (TPSA) is 105 Å². The van der Waals surface area contributed by atoms with E-state index >= 15 is 0 Å². The molecular weight excluding hydrogens is 527 g/mol. The number of hydrogen-bond acceptors (Lipinski definition) is 5. The van der Waals surface area contributed by atoms with Crippen molar-refractivity contribution in [1.82, 2.24) is 30.0 Å². The summed E-state index contributed by atoms with van der Waals surface area (Å²) in [6, 6.07) is 3.83. The summed E-state index contributed by atoms with van der Waals surface area (Å²) in [6.45, 7) is 11.9. The van der Waals surface area contributed by atoms with Gasteiger partial charge in [-0.25, -0.2) is 4.98 Å². The monoisotopic (exact) mass is 558 g/mol. The molecule has 0 bridgehead atoms. The van der Waals surface area contributed by atoms with E-state index in [0.29, 0.717) is 49.9 Å². The van der Waals surface area contributed by atoms with Crippen molar-refractivity contribution in [3.05, 3.63) is 57.7 Å². The largest absolute Gasteiger partial charge is 0.379 e. The molecule has 11 heteroatoms. The van der Waals surface area contributed by atoms with Crippen LogP contribution >= 0.6 is 23.2 Å². The van der Waals surface area contributed by atoms with Crippen molar-refractivity contribution in [1.29, 1.82) is 0 Å². The first-order chi connectivity index (χ1) is 18.1. The van der Waals surface area contributed by atoms with Crippen molar-refractivity contribution in [3.8, 4) is 0 Å². The number of ether oxygens (including phenoxy) is 1. The summed E-state index contributed by atoms with van der Waals surface area (Å²) in [5.74, 6) is 0.278. The van der Waals surface area contributed by atoms with E-state index in [0.717, 1.165) is 34.4 Å². The average Bonchev–Trinajstić information content (AvgIpc) is 3.56. The Morgan fingerprint density at radius 1 is 1.26 bits per heavy atom. The predicted octanol–water partition coefficient (Wildman–Crippen LogP) is 4.24. The van der Waals surface area contributed by atoms with Crippen molar-refractivity contribution in [2.24, 2.45) is 0 Å². The molecule has 1 atom stereocenters. The molecule has 2 amide bonds. The maximum Gasteiger partial charge on any atom is 0.271 e. The van der Waals surface area contributed by atoms with E-state index in [2.05, 4.69) is 53.9 Å². The van der Waals surface area contributed by atoms with Gasteiger partial charge in [-0.2, -0.15) is 5.10 Å². The summed E-state index contributed by atoms with van der Waals surface area (Å²) in [5.41, 5.74) is 3.08. The Balaban J connectivity index is 1.39. The van der Waals surface area contributed by atoms with Crippen LogP contribution in [0.4, 0.5) is 0 Å². The van der Waals surface area contributed by atoms with Crippen LogP contribution < -0.4 is 5.32 Å². The van der Waals surface area contributed by atoms with Gasteiger partial charge in [0.1, 0.15) is 11.5 Å². The Labute approximate surface area is 231 Å². The van der Waals surface area contributed by atoms with E-state index in [1.54, 1.807) is 4.90 Å². The zero-order chi connectivity index (χ0) is 27.2. The molecule has 5 rings (SSSR count). The highest BCUT2D eigenvalue weighted by atomic mass is 35.5. The van der Waals surface area contributed by atoms with Crippen molar-refractivity contribution in [2.75, 3.05) is 26.3 Å². The molecule has 0 spiro atoms. The number of H-pyrrole nitrogens is 1. The van der Waals surface area contributed by atoms with Gasteiger partial charge in [0.05, 0.1) is 24.2 Å². The van der Waals surface area contributed by atoms with E-state index < -0.39 is 0 Å². The second kappa shape index (κ2) is 10.4. The van der Waals surface area contributed by atoms with E-state index in [9.17, 15) is 9.59 Å². The van der Waals surface area contributed by atoms with Crippen LogP contribution in [0.2, 0.25) is 10.2 Å². The number of benzene rings is 1. The smallest absolute Gasteiger partial charge is 0.271 e. The van der Waals surface area contributed by atoms with Crippen molar-refractivity contribution in [2.45, 2.75) is 57.5 Å². The first-order valence-electron chi connectivity index (χ1n) is 12.8. The minimum atomic E-state index is -0.298. The van der Waals surface area contributed by atoms with Gasteiger partial charge in [-0.05, 0) is 42.0 Å². The van der Waals surface area contributed by atoms with Gasteiger partial charge in [-0.15, -0.1) is 0 Å². The molecule has 9 nitrogen and oxygen atoms in total. The first-order valence-corrected chi connectivity index (χ1v) is 13.6. The molecule has 2 aliphatic heterocycles. The quantitative estimate of drug-likeness (QED) is 0.422. The van der Waals surface area contributed by atoms with Crippen molar-refractivity contribution < 1.29 is 14.3 Å². The minimum absolute atomic E-state index is 0.0317. The number of amides is 2. The maximum atomic E-state index is 13.3. The molecule has 0 radical (unpaired) electrons. The second-order valence-electron chi connectivity index (χ2n) is 11.0. The van der Waals surface area contributed by atoms with E-state index in [-0.39, 0.29) is 34.5 Å². The average molecular weight is 559 g/mol. The predicted molar refractivity (Wildman–Crippen MR) is 147 cm³/mol. The fourth-order valence-corrected chi connectivity index (χ4v) is 5.88. The van der Waals surface area contributed by atoms with Gasteiger partial charge in [0.2, 0.25) is 5.91 Å². The number of carbonyl (C=O) groups excluding carboxylic acids is 2. The van der Waals surface area contributed by atoms with Crippen molar-refractivity contribution >= 4 is 45.9 Å². The summed E-state index contributed by atoms with van der Waals surface area (Å²) in [6.07, 6.45) is 3.23. The lowest BCUT2D eigenvalue weighted by atomic mass is 9.86. The molecule has 202 valence electrons. The third kappa shape index (κ3) is 5.07. The number of likely N-dealkylation sites (tertiary alicyclic amines) is 1. The molecule has 0 unspecified atom stereocenters. The molecule has 2 fully saturated rings.